The molecule has 0 bridgehead atoms. The fourth-order valence-electron chi connectivity index (χ4n) is 8.87. The number of carbonyl (C=O) groups is 1. The first-order valence-corrected chi connectivity index (χ1v) is 17.5. The molecule has 1 aromatic heterocycles. The summed E-state index contributed by atoms with van der Waals surface area (Å²) in [6, 6.07) is 0. The lowest BCUT2D eigenvalue weighted by Crippen LogP contribution is -2.38. The Morgan fingerprint density at radius 3 is 2.75 bits per heavy atom. The number of carbonyl (C=O) groups excluding carboxylic acids is 1. The van der Waals surface area contributed by atoms with Crippen molar-refractivity contribution in [2.45, 2.75) is 141 Å². The van der Waals surface area contributed by atoms with Gasteiger partial charge in [0.05, 0.1) is 23.8 Å². The number of nitrogens with one attached hydrogen (secondary N) is 1. The van der Waals surface area contributed by atoms with Gasteiger partial charge >= 0.3 is 6.09 Å². The topological polar surface area (TPSA) is 105 Å². The molecule has 0 unspecified atom stereocenters. The van der Waals surface area contributed by atoms with E-state index in [4.69, 9.17) is 14.1 Å². The van der Waals surface area contributed by atoms with Crippen LogP contribution in [0.15, 0.2) is 46.1 Å². The van der Waals surface area contributed by atoms with Gasteiger partial charge in [-0.05, 0) is 112 Å². The van der Waals surface area contributed by atoms with Gasteiger partial charge in [0.15, 0.2) is 0 Å². The highest BCUT2D eigenvalue weighted by Gasteiger charge is 2.57. The SMILES string of the molecule is C=C1C(=CC=C2CCC[C@]3(C)[C@@H]([C@H](C)CC[C@H](OC(=O)NCC)C4(c5ncc(CCCC)o5)CC4)CC[C@@H]23)C[C@@H](O)C[C@@H]1O. The van der Waals surface area contributed by atoms with Gasteiger partial charge in [0.2, 0.25) is 5.89 Å². The van der Waals surface area contributed by atoms with Crippen LogP contribution in [-0.4, -0.2) is 46.1 Å². The second-order valence-electron chi connectivity index (χ2n) is 14.5. The molecule has 4 fully saturated rings. The van der Waals surface area contributed by atoms with Crippen molar-refractivity contribution in [3.63, 3.8) is 0 Å². The highest BCUT2D eigenvalue weighted by molar-refractivity contribution is 5.67. The number of hydrogen-bond donors (Lipinski definition) is 3. The van der Waals surface area contributed by atoms with Gasteiger partial charge in [-0.1, -0.05) is 51.5 Å². The second-order valence-corrected chi connectivity index (χ2v) is 14.5. The first-order chi connectivity index (χ1) is 21.1. The van der Waals surface area contributed by atoms with E-state index in [0.29, 0.717) is 37.1 Å². The summed E-state index contributed by atoms with van der Waals surface area (Å²) in [5.74, 6) is 3.35. The zero-order valence-corrected chi connectivity index (χ0v) is 27.6. The van der Waals surface area contributed by atoms with Crippen molar-refractivity contribution in [3.8, 4) is 0 Å². The number of amides is 1. The molecular weight excluding hydrogens is 552 g/mol. The van der Waals surface area contributed by atoms with E-state index in [0.717, 1.165) is 74.2 Å². The van der Waals surface area contributed by atoms with Crippen molar-refractivity contribution in [2.75, 3.05) is 6.54 Å². The van der Waals surface area contributed by atoms with Crippen LogP contribution in [-0.2, 0) is 16.6 Å². The van der Waals surface area contributed by atoms with E-state index in [1.54, 1.807) is 0 Å². The van der Waals surface area contributed by atoms with Gasteiger partial charge in [-0.25, -0.2) is 9.78 Å². The van der Waals surface area contributed by atoms with E-state index in [2.05, 4.69) is 44.8 Å². The summed E-state index contributed by atoms with van der Waals surface area (Å²) in [5, 5.41) is 23.3. The van der Waals surface area contributed by atoms with Crippen molar-refractivity contribution in [3.05, 3.63) is 53.3 Å². The van der Waals surface area contributed by atoms with Crippen molar-refractivity contribution in [1.29, 1.82) is 0 Å². The Balaban J connectivity index is 1.28. The number of nitrogens with zero attached hydrogens (tertiary/aromatic N) is 1. The number of oxazole rings is 1. The third kappa shape index (κ3) is 6.89. The first-order valence-electron chi connectivity index (χ1n) is 17.5. The summed E-state index contributed by atoms with van der Waals surface area (Å²) >= 11 is 0. The van der Waals surface area contributed by atoms with Crippen LogP contribution < -0.4 is 5.32 Å². The Labute approximate surface area is 264 Å². The lowest BCUT2D eigenvalue weighted by atomic mass is 9.60. The lowest BCUT2D eigenvalue weighted by Gasteiger charge is -2.44. The molecule has 1 heterocycles. The van der Waals surface area contributed by atoms with Gasteiger partial charge in [-0.2, -0.15) is 0 Å². The number of ether oxygens (including phenoxy) is 1. The number of alkyl carbamates (subject to hydrolysis) is 1. The van der Waals surface area contributed by atoms with Crippen LogP contribution in [0.3, 0.4) is 0 Å². The summed E-state index contributed by atoms with van der Waals surface area (Å²) < 4.78 is 12.4. The zero-order valence-electron chi connectivity index (χ0n) is 27.6. The van der Waals surface area contributed by atoms with Crippen LogP contribution in [0, 0.1) is 23.2 Å². The fourth-order valence-corrected chi connectivity index (χ4v) is 8.87. The molecule has 44 heavy (non-hydrogen) atoms. The van der Waals surface area contributed by atoms with Gasteiger partial charge < -0.3 is 24.7 Å². The molecule has 0 aromatic carbocycles. The highest BCUT2D eigenvalue weighted by Crippen LogP contribution is 2.60. The van der Waals surface area contributed by atoms with Gasteiger partial charge in [0.25, 0.3) is 0 Å². The molecule has 7 nitrogen and oxygen atoms in total. The number of aromatic nitrogens is 1. The molecule has 3 N–H and O–H groups in total. The van der Waals surface area contributed by atoms with Gasteiger partial charge in [-0.3, -0.25) is 0 Å². The lowest BCUT2D eigenvalue weighted by molar-refractivity contribution is 0.0471. The number of fused-ring (bicyclic) bond motifs is 1. The molecular formula is C37H56N2O5. The molecule has 1 aromatic rings. The number of hydrogen-bond acceptors (Lipinski definition) is 6. The fraction of sp³-hybridized carbons (Fsp3) is 0.730. The van der Waals surface area contributed by atoms with E-state index in [1.807, 2.05) is 13.1 Å². The minimum Gasteiger partial charge on any atom is -0.445 e. The zero-order chi connectivity index (χ0) is 31.5. The number of unbranched alkanes of at least 4 members (excludes halogenated alkanes) is 1. The smallest absolute Gasteiger partial charge is 0.407 e. The maximum atomic E-state index is 12.7. The van der Waals surface area contributed by atoms with Crippen molar-refractivity contribution in [2.24, 2.45) is 23.2 Å². The summed E-state index contributed by atoms with van der Waals surface area (Å²) in [7, 11) is 0. The Morgan fingerprint density at radius 1 is 1.23 bits per heavy atom. The van der Waals surface area contributed by atoms with Crippen molar-refractivity contribution in [1.82, 2.24) is 10.3 Å². The second kappa shape index (κ2) is 13.9. The quantitative estimate of drug-likeness (QED) is 0.224. The monoisotopic (exact) mass is 608 g/mol. The molecule has 244 valence electrons. The molecule has 4 saturated carbocycles. The summed E-state index contributed by atoms with van der Waals surface area (Å²) in [6.07, 6.45) is 18.2. The number of allylic oxidation sites excluding steroid dienone is 3. The molecule has 5 rings (SSSR count). The van der Waals surface area contributed by atoms with E-state index >= 15 is 0 Å². The maximum Gasteiger partial charge on any atom is 0.407 e. The normalized spacial score (nSPS) is 32.8. The molecule has 7 atom stereocenters. The molecule has 7 heteroatoms. The Kier molecular flexibility index (Phi) is 10.5. The van der Waals surface area contributed by atoms with Crippen LogP contribution in [0.2, 0.25) is 0 Å². The van der Waals surface area contributed by atoms with Gasteiger partial charge in [0, 0.05) is 19.4 Å². The molecule has 0 spiro atoms. The molecule has 4 aliphatic rings. The molecule has 1 amide bonds. The Hall–Kier alpha value is -2.38. The largest absolute Gasteiger partial charge is 0.445 e. The van der Waals surface area contributed by atoms with E-state index in [-0.39, 0.29) is 23.0 Å². The summed E-state index contributed by atoms with van der Waals surface area (Å²) in [6.45, 7) is 13.7. The van der Waals surface area contributed by atoms with E-state index in [9.17, 15) is 15.0 Å². The minimum atomic E-state index is -0.654. The average Bonchev–Trinajstić information content (AvgIpc) is 3.51. The van der Waals surface area contributed by atoms with Crippen LogP contribution in [0.1, 0.15) is 123 Å². The highest BCUT2D eigenvalue weighted by atomic mass is 16.6. The number of aryl methyl sites for hydroxylation is 1. The molecule has 4 aliphatic carbocycles. The number of aliphatic hydroxyl groups excluding tert-OH is 2. The van der Waals surface area contributed by atoms with Crippen LogP contribution in [0.4, 0.5) is 4.79 Å². The predicted molar refractivity (Wildman–Crippen MR) is 173 cm³/mol. The van der Waals surface area contributed by atoms with E-state index in [1.165, 1.54) is 31.3 Å². The first kappa shape index (κ1) is 33.0. The van der Waals surface area contributed by atoms with Crippen molar-refractivity contribution < 1.29 is 24.2 Å². The van der Waals surface area contributed by atoms with Crippen LogP contribution >= 0.6 is 0 Å². The minimum absolute atomic E-state index is 0.245. The van der Waals surface area contributed by atoms with Gasteiger partial charge in [-0.15, -0.1) is 0 Å². The third-order valence-corrected chi connectivity index (χ3v) is 11.6. The Morgan fingerprint density at radius 2 is 2.02 bits per heavy atom. The third-order valence-electron chi connectivity index (χ3n) is 11.6. The van der Waals surface area contributed by atoms with Crippen LogP contribution in [0.25, 0.3) is 0 Å². The number of rotatable bonds is 12. The Bertz CT molecular complexity index is 1230. The van der Waals surface area contributed by atoms with Crippen LogP contribution in [0.5, 0.6) is 0 Å². The standard InChI is InChI=1S/C37H56N2O5/c1-6-8-11-29-23-39-34(43-29)37(19-20-37)33(44-35(42)38-7-2)17-12-24(3)30-15-16-31-26(10-9-18-36(30,31)5)13-14-27-21-28(40)22-32(41)25(27)4/h13-14,23-24,28,30-33,40-41H,4,6-12,15-22H2,1-3,5H3,(H,38,42)/t24-,28-,30-,31+,32+,33+,36-/m1/s1. The van der Waals surface area contributed by atoms with E-state index < -0.39 is 12.2 Å². The summed E-state index contributed by atoms with van der Waals surface area (Å²) in [5.41, 5.74) is 3.18. The maximum absolute atomic E-state index is 12.7. The molecule has 0 saturated heterocycles. The number of aliphatic hydroxyl groups is 2. The average molecular weight is 609 g/mol. The van der Waals surface area contributed by atoms with Gasteiger partial charge in [0.1, 0.15) is 11.9 Å². The van der Waals surface area contributed by atoms with Crippen molar-refractivity contribution >= 4 is 6.09 Å². The summed E-state index contributed by atoms with van der Waals surface area (Å²) in [4.78, 5) is 17.4. The predicted octanol–water partition coefficient (Wildman–Crippen LogP) is 7.72. The molecule has 0 radical (unpaired) electrons. The molecule has 0 aliphatic heterocycles.